The Bertz CT molecular complexity index is 831. The molecule has 21 heavy (non-hydrogen) atoms. The predicted octanol–water partition coefficient (Wildman–Crippen LogP) is 3.54. The number of benzene rings is 2. The zero-order valence-corrected chi connectivity index (χ0v) is 11.0. The summed E-state index contributed by atoms with van der Waals surface area (Å²) >= 11 is 0. The zero-order valence-electron chi connectivity index (χ0n) is 11.0. The molecule has 3 N–H and O–H groups in total. The summed E-state index contributed by atoms with van der Waals surface area (Å²) in [5.41, 5.74) is 8.46. The topological polar surface area (TPSA) is 85.4 Å². The van der Waals surface area contributed by atoms with Gasteiger partial charge in [-0.05, 0) is 24.3 Å². The van der Waals surface area contributed by atoms with Gasteiger partial charge in [0.25, 0.3) is 0 Å². The summed E-state index contributed by atoms with van der Waals surface area (Å²) in [5.74, 6) is 0.255. The summed E-state index contributed by atoms with van der Waals surface area (Å²) in [5, 5.41) is 9.52. The third kappa shape index (κ3) is 2.62. The van der Waals surface area contributed by atoms with Crippen molar-refractivity contribution in [3.8, 4) is 17.0 Å². The molecule has 0 aliphatic rings. The molecule has 5 nitrogen and oxygen atoms in total. The Morgan fingerprint density at radius 3 is 2.67 bits per heavy atom. The number of hydrogen-bond acceptors (Lipinski definition) is 4. The van der Waals surface area contributed by atoms with Gasteiger partial charge in [-0.2, -0.15) is 0 Å². The number of aromatic nitrogens is 1. The van der Waals surface area contributed by atoms with E-state index >= 15 is 0 Å². The maximum Gasteiger partial charge on any atom is 0.511 e. The lowest BCUT2D eigenvalue weighted by atomic mass is 10.1. The lowest BCUT2D eigenvalue weighted by molar-refractivity contribution is 0.145. The maximum absolute atomic E-state index is 10.9. The molecule has 0 saturated carbocycles. The van der Waals surface area contributed by atoms with Crippen LogP contribution in [0.15, 0.2) is 54.6 Å². The number of ether oxygens (including phenoxy) is 1. The smallest absolute Gasteiger partial charge is 0.449 e. The molecule has 0 unspecified atom stereocenters. The van der Waals surface area contributed by atoms with Crippen LogP contribution in [-0.4, -0.2) is 16.2 Å². The highest BCUT2D eigenvalue weighted by molar-refractivity contribution is 5.89. The molecule has 0 fully saturated rings. The van der Waals surface area contributed by atoms with E-state index in [1.807, 2.05) is 18.2 Å². The van der Waals surface area contributed by atoms with Gasteiger partial charge in [-0.1, -0.05) is 24.3 Å². The highest BCUT2D eigenvalue weighted by atomic mass is 16.7. The van der Waals surface area contributed by atoms with Crippen LogP contribution in [0.3, 0.4) is 0 Å². The van der Waals surface area contributed by atoms with Crippen molar-refractivity contribution in [1.82, 2.24) is 4.98 Å². The second-order valence-electron chi connectivity index (χ2n) is 4.52. The third-order valence-electron chi connectivity index (χ3n) is 3.06. The van der Waals surface area contributed by atoms with E-state index in [4.69, 9.17) is 15.6 Å². The lowest BCUT2D eigenvalue weighted by Crippen LogP contribution is -2.04. The quantitative estimate of drug-likeness (QED) is 0.554. The van der Waals surface area contributed by atoms with Crippen molar-refractivity contribution in [2.45, 2.75) is 0 Å². The normalized spacial score (nSPS) is 10.5. The van der Waals surface area contributed by atoms with Crippen LogP contribution in [0.2, 0.25) is 0 Å². The van der Waals surface area contributed by atoms with E-state index in [2.05, 4.69) is 4.98 Å². The molecule has 3 rings (SSSR count). The minimum Gasteiger partial charge on any atom is -0.449 e. The zero-order chi connectivity index (χ0) is 14.8. The van der Waals surface area contributed by atoms with Crippen molar-refractivity contribution >= 4 is 22.7 Å². The molecule has 2 aromatic carbocycles. The van der Waals surface area contributed by atoms with Gasteiger partial charge in [0.05, 0.1) is 11.2 Å². The number of anilines is 1. The molecular formula is C16H12N2O3. The summed E-state index contributed by atoms with van der Waals surface area (Å²) in [7, 11) is 0. The van der Waals surface area contributed by atoms with E-state index < -0.39 is 6.16 Å². The van der Waals surface area contributed by atoms with Gasteiger partial charge in [0.1, 0.15) is 5.75 Å². The molecule has 0 aliphatic carbocycles. The third-order valence-corrected chi connectivity index (χ3v) is 3.06. The average Bonchev–Trinajstić information content (AvgIpc) is 2.46. The van der Waals surface area contributed by atoms with Crippen LogP contribution in [-0.2, 0) is 0 Å². The number of nitrogen functional groups attached to an aromatic ring is 1. The van der Waals surface area contributed by atoms with E-state index in [0.29, 0.717) is 22.3 Å². The van der Waals surface area contributed by atoms with E-state index in [-0.39, 0.29) is 5.75 Å². The average molecular weight is 280 g/mol. The van der Waals surface area contributed by atoms with Gasteiger partial charge in [-0.3, -0.25) is 0 Å². The number of hydrogen-bond donors (Lipinski definition) is 2. The van der Waals surface area contributed by atoms with Gasteiger partial charge < -0.3 is 15.6 Å². The Morgan fingerprint density at radius 1 is 1.10 bits per heavy atom. The van der Waals surface area contributed by atoms with Gasteiger partial charge in [-0.25, -0.2) is 9.78 Å². The highest BCUT2D eigenvalue weighted by Gasteiger charge is 2.11. The first-order valence-electron chi connectivity index (χ1n) is 6.30. The van der Waals surface area contributed by atoms with E-state index in [1.165, 1.54) is 0 Å². The van der Waals surface area contributed by atoms with Gasteiger partial charge >= 0.3 is 6.16 Å². The maximum atomic E-state index is 10.9. The number of nitrogens with zero attached hydrogens (tertiary/aromatic N) is 1. The van der Waals surface area contributed by atoms with Crippen molar-refractivity contribution in [1.29, 1.82) is 0 Å². The van der Waals surface area contributed by atoms with Crippen LogP contribution in [0.4, 0.5) is 10.5 Å². The minimum absolute atomic E-state index is 0.255. The molecule has 0 atom stereocenters. The molecule has 0 saturated heterocycles. The van der Waals surface area contributed by atoms with Crippen LogP contribution >= 0.6 is 0 Å². The van der Waals surface area contributed by atoms with Crippen molar-refractivity contribution in [2.75, 3.05) is 5.73 Å². The minimum atomic E-state index is -1.36. The Balaban J connectivity index is 2.22. The monoisotopic (exact) mass is 280 g/mol. The number of carbonyl (C=O) groups is 1. The van der Waals surface area contributed by atoms with E-state index in [9.17, 15) is 4.79 Å². The summed E-state index contributed by atoms with van der Waals surface area (Å²) in [6, 6.07) is 16.1. The largest absolute Gasteiger partial charge is 0.511 e. The first-order valence-corrected chi connectivity index (χ1v) is 6.30. The summed E-state index contributed by atoms with van der Waals surface area (Å²) in [4.78, 5) is 15.4. The van der Waals surface area contributed by atoms with Gasteiger partial charge in [0.15, 0.2) is 0 Å². The first-order chi connectivity index (χ1) is 10.1. The standard InChI is InChI=1S/C16H12N2O3/c17-11-5-3-4-10(8-11)14-9-15(21-16(19)20)12-6-1-2-7-13(12)18-14/h1-9H,17H2,(H,19,20). The second kappa shape index (κ2) is 5.13. The van der Waals surface area contributed by atoms with Crippen LogP contribution in [0.5, 0.6) is 5.75 Å². The fourth-order valence-corrected chi connectivity index (χ4v) is 2.17. The van der Waals surface area contributed by atoms with Crippen LogP contribution in [0, 0.1) is 0 Å². The van der Waals surface area contributed by atoms with Gasteiger partial charge in [-0.15, -0.1) is 0 Å². The fraction of sp³-hybridized carbons (Fsp3) is 0. The highest BCUT2D eigenvalue weighted by Crippen LogP contribution is 2.30. The van der Waals surface area contributed by atoms with Crippen molar-refractivity contribution in [2.24, 2.45) is 0 Å². The van der Waals surface area contributed by atoms with Crippen LogP contribution in [0.1, 0.15) is 0 Å². The number of fused-ring (bicyclic) bond motifs is 1. The van der Waals surface area contributed by atoms with Crippen molar-refractivity contribution < 1.29 is 14.6 Å². The Labute approximate surface area is 120 Å². The van der Waals surface area contributed by atoms with Crippen LogP contribution in [0.25, 0.3) is 22.2 Å². The Morgan fingerprint density at radius 2 is 1.90 bits per heavy atom. The molecule has 104 valence electrons. The van der Waals surface area contributed by atoms with Crippen molar-refractivity contribution in [3.05, 3.63) is 54.6 Å². The molecule has 1 aromatic heterocycles. The molecule has 0 aliphatic heterocycles. The number of pyridine rings is 1. The summed E-state index contributed by atoms with van der Waals surface area (Å²) < 4.78 is 4.87. The molecule has 3 aromatic rings. The molecule has 0 amide bonds. The number of rotatable bonds is 2. The number of nitrogens with two attached hydrogens (primary N) is 1. The molecule has 5 heteroatoms. The molecule has 0 bridgehead atoms. The molecule has 1 heterocycles. The fourth-order valence-electron chi connectivity index (χ4n) is 2.17. The number of para-hydroxylation sites is 1. The van der Waals surface area contributed by atoms with E-state index in [1.54, 1.807) is 36.4 Å². The first kappa shape index (κ1) is 12.9. The van der Waals surface area contributed by atoms with Crippen LogP contribution < -0.4 is 10.5 Å². The molecular weight excluding hydrogens is 268 g/mol. The predicted molar refractivity (Wildman–Crippen MR) is 80.2 cm³/mol. The van der Waals surface area contributed by atoms with Gasteiger partial charge in [0.2, 0.25) is 0 Å². The Kier molecular flexibility index (Phi) is 3.16. The summed E-state index contributed by atoms with van der Waals surface area (Å²) in [6.07, 6.45) is -1.36. The summed E-state index contributed by atoms with van der Waals surface area (Å²) in [6.45, 7) is 0. The molecule has 0 radical (unpaired) electrons. The Hall–Kier alpha value is -3.08. The SMILES string of the molecule is Nc1cccc(-c2cc(OC(=O)O)c3ccccc3n2)c1. The lowest BCUT2D eigenvalue weighted by Gasteiger charge is -2.09. The van der Waals surface area contributed by atoms with Crippen molar-refractivity contribution in [3.63, 3.8) is 0 Å². The van der Waals surface area contributed by atoms with Gasteiger partial charge in [0, 0.05) is 22.7 Å². The number of carboxylic acid groups (broad SMARTS) is 1. The molecule has 0 spiro atoms. The second-order valence-corrected chi connectivity index (χ2v) is 4.52. The van der Waals surface area contributed by atoms with E-state index in [0.717, 1.165) is 5.56 Å².